The van der Waals surface area contributed by atoms with Crippen LogP contribution in [0.5, 0.6) is 0 Å². The van der Waals surface area contributed by atoms with E-state index in [1.54, 1.807) is 34.7 Å². The summed E-state index contributed by atoms with van der Waals surface area (Å²) in [5, 5.41) is 30.8. The highest BCUT2D eigenvalue weighted by atomic mass is 16.6. The van der Waals surface area contributed by atoms with Crippen LogP contribution in [0.15, 0.2) is 90.2 Å². The number of carbonyl (C=O) groups excluding carboxylic acids is 3. The highest BCUT2D eigenvalue weighted by Crippen LogP contribution is 2.47. The van der Waals surface area contributed by atoms with Crippen LogP contribution in [0.4, 0.5) is 11.4 Å². The lowest BCUT2D eigenvalue weighted by Crippen LogP contribution is -2.55. The molecule has 11 nitrogen and oxygen atoms in total. The van der Waals surface area contributed by atoms with Crippen molar-refractivity contribution in [1.29, 1.82) is 0 Å². The van der Waals surface area contributed by atoms with Gasteiger partial charge in [-0.1, -0.05) is 77.9 Å². The molecule has 50 heavy (non-hydrogen) atoms. The van der Waals surface area contributed by atoms with E-state index in [1.165, 1.54) is 17.4 Å². The maximum Gasteiger partial charge on any atom is 0.304 e. The molecule has 1 saturated heterocycles. The molecule has 2 N–H and O–H groups in total. The van der Waals surface area contributed by atoms with Gasteiger partial charge in [0.25, 0.3) is 5.91 Å². The van der Waals surface area contributed by atoms with Gasteiger partial charge in [0.2, 0.25) is 5.91 Å². The van der Waals surface area contributed by atoms with Gasteiger partial charge >= 0.3 is 5.97 Å². The van der Waals surface area contributed by atoms with Crippen molar-refractivity contribution in [2.24, 2.45) is 5.92 Å². The average molecular weight is 682 g/mol. The molecule has 4 atom stereocenters. The Morgan fingerprint density at radius 2 is 1.84 bits per heavy atom. The monoisotopic (exact) mass is 681 g/mol. The van der Waals surface area contributed by atoms with Crippen LogP contribution in [0, 0.1) is 5.92 Å². The molecule has 0 spiro atoms. The smallest absolute Gasteiger partial charge is 0.304 e. The van der Waals surface area contributed by atoms with Gasteiger partial charge in [-0.25, -0.2) is 0 Å². The number of hydrogen-bond donors (Lipinski definition) is 2. The number of benzene rings is 2. The first-order chi connectivity index (χ1) is 23.9. The lowest BCUT2D eigenvalue weighted by atomic mass is 9.82. The minimum absolute atomic E-state index is 0.0715. The van der Waals surface area contributed by atoms with Crippen molar-refractivity contribution in [3.8, 4) is 0 Å². The molecule has 3 aromatic rings. The summed E-state index contributed by atoms with van der Waals surface area (Å²) in [6.45, 7) is 9.96. The molecular formula is C39H47N5O6. The number of esters is 1. The summed E-state index contributed by atoms with van der Waals surface area (Å²) in [6.07, 6.45) is 11.4. The Morgan fingerprint density at radius 1 is 1.08 bits per heavy atom. The van der Waals surface area contributed by atoms with Crippen molar-refractivity contribution in [2.75, 3.05) is 23.0 Å². The Hall–Kier alpha value is -4.87. The molecule has 2 unspecified atom stereocenters. The van der Waals surface area contributed by atoms with Crippen molar-refractivity contribution in [3.05, 3.63) is 107 Å². The number of aliphatic hydroxyl groups excluding tert-OH is 1. The molecule has 0 aliphatic carbocycles. The summed E-state index contributed by atoms with van der Waals surface area (Å²) in [5.41, 5.74) is 3.53. The Balaban J connectivity index is 1.35. The fraction of sp³-hybridized carbons (Fsp3) is 0.410. The highest BCUT2D eigenvalue weighted by Gasteiger charge is 2.53. The van der Waals surface area contributed by atoms with E-state index >= 15 is 0 Å². The number of β-lactam (4-membered cyclic amide) rings is 1. The Kier molecular flexibility index (Phi) is 11.5. The Bertz CT molecular complexity index is 1790. The van der Waals surface area contributed by atoms with Gasteiger partial charge in [-0.05, 0) is 63.8 Å². The first-order valence-corrected chi connectivity index (χ1v) is 17.1. The van der Waals surface area contributed by atoms with Crippen molar-refractivity contribution in [2.45, 2.75) is 84.6 Å². The maximum absolute atomic E-state index is 14.2. The molecule has 2 amide bonds. The molecule has 2 aliphatic heterocycles. The third-order valence-electron chi connectivity index (χ3n) is 9.36. The van der Waals surface area contributed by atoms with E-state index in [9.17, 15) is 24.6 Å². The van der Waals surface area contributed by atoms with Crippen molar-refractivity contribution in [1.82, 2.24) is 15.0 Å². The quantitative estimate of drug-likeness (QED) is 0.121. The van der Waals surface area contributed by atoms with Crippen LogP contribution in [-0.2, 0) is 31.3 Å². The predicted octanol–water partition coefficient (Wildman–Crippen LogP) is 5.54. The van der Waals surface area contributed by atoms with E-state index in [0.29, 0.717) is 35.6 Å². The van der Waals surface area contributed by atoms with E-state index in [0.717, 1.165) is 24.0 Å². The minimum atomic E-state index is -1.90. The second-order valence-electron chi connectivity index (χ2n) is 13.3. The molecule has 0 bridgehead atoms. The second kappa shape index (κ2) is 15.8. The number of nitrogens with zero attached hydrogens (tertiary/aromatic N) is 5. The number of rotatable bonds is 15. The number of hydrogen-bond acceptors (Lipinski definition) is 8. The van der Waals surface area contributed by atoms with Crippen LogP contribution >= 0.6 is 0 Å². The van der Waals surface area contributed by atoms with Crippen LogP contribution in [0.3, 0.4) is 0 Å². The molecule has 3 heterocycles. The van der Waals surface area contributed by atoms with E-state index in [1.807, 2.05) is 61.7 Å². The van der Waals surface area contributed by atoms with Gasteiger partial charge in [0.15, 0.2) is 11.8 Å². The predicted molar refractivity (Wildman–Crippen MR) is 191 cm³/mol. The van der Waals surface area contributed by atoms with Gasteiger partial charge in [0.1, 0.15) is 0 Å². The van der Waals surface area contributed by atoms with E-state index in [2.05, 4.69) is 30.2 Å². The third-order valence-corrected chi connectivity index (χ3v) is 9.36. The number of aromatic nitrogens is 3. The minimum Gasteiger partial charge on any atom is -0.441 e. The standard InChI is InChI=1S/C39H47N5O6/c1-26(2)12-11-13-27(3)19-21-43-35-18-17-31(44-36(47)23-37(44)50-29(5)46)22-33(35)39(49,38(43)48)28(4)14-9-10-20-42-24-34(40-41-42)32(25-45)30-15-7-6-8-16-30/h6-9,12,14-19,22,24,28,32,37,45,49H,10-11,13,20-21,23,25H2,1-5H3/b14-9+,27-19+/t28-,32?,37?,39+/m1/s1. The molecule has 5 rings (SSSR count). The van der Waals surface area contributed by atoms with Gasteiger partial charge in [-0.15, -0.1) is 5.10 Å². The van der Waals surface area contributed by atoms with Gasteiger partial charge in [-0.2, -0.15) is 0 Å². The largest absolute Gasteiger partial charge is 0.441 e. The summed E-state index contributed by atoms with van der Waals surface area (Å²) in [7, 11) is 0. The molecule has 0 saturated carbocycles. The number of ether oxygens (including phenoxy) is 1. The van der Waals surface area contributed by atoms with Crippen LogP contribution < -0.4 is 9.80 Å². The van der Waals surface area contributed by atoms with Crippen LogP contribution in [0.2, 0.25) is 0 Å². The number of aliphatic hydroxyl groups is 2. The topological polar surface area (TPSA) is 138 Å². The zero-order valence-corrected chi connectivity index (χ0v) is 29.5. The number of aryl methyl sites for hydroxylation is 1. The van der Waals surface area contributed by atoms with Gasteiger partial charge in [-0.3, -0.25) is 24.0 Å². The van der Waals surface area contributed by atoms with Crippen molar-refractivity contribution >= 4 is 29.2 Å². The molecule has 2 aliphatic rings. The van der Waals surface area contributed by atoms with Crippen LogP contribution in [-0.4, -0.2) is 62.4 Å². The zero-order valence-electron chi connectivity index (χ0n) is 29.5. The molecule has 11 heteroatoms. The lowest BCUT2D eigenvalue weighted by Gasteiger charge is -2.39. The summed E-state index contributed by atoms with van der Waals surface area (Å²) in [5.74, 6) is -2.06. The normalized spacial score (nSPS) is 20.1. The van der Waals surface area contributed by atoms with Crippen molar-refractivity contribution in [3.63, 3.8) is 0 Å². The Labute approximate surface area is 293 Å². The lowest BCUT2D eigenvalue weighted by molar-refractivity contribution is -0.153. The summed E-state index contributed by atoms with van der Waals surface area (Å²) < 4.78 is 7.03. The Morgan fingerprint density at radius 3 is 2.52 bits per heavy atom. The van der Waals surface area contributed by atoms with E-state index in [-0.39, 0.29) is 31.4 Å². The first kappa shape index (κ1) is 36.4. The number of anilines is 2. The third kappa shape index (κ3) is 7.79. The fourth-order valence-electron chi connectivity index (χ4n) is 6.47. The average Bonchev–Trinajstić information content (AvgIpc) is 3.62. The molecule has 264 valence electrons. The second-order valence-corrected chi connectivity index (χ2v) is 13.3. The summed E-state index contributed by atoms with van der Waals surface area (Å²) in [6, 6.07) is 14.8. The number of allylic oxidation sites excluding steroid dienone is 4. The van der Waals surface area contributed by atoms with Crippen LogP contribution in [0.1, 0.15) is 83.0 Å². The van der Waals surface area contributed by atoms with E-state index in [4.69, 9.17) is 4.74 Å². The summed E-state index contributed by atoms with van der Waals surface area (Å²) in [4.78, 5) is 41.4. The fourth-order valence-corrected chi connectivity index (χ4v) is 6.47. The van der Waals surface area contributed by atoms with Gasteiger partial charge in [0.05, 0.1) is 30.3 Å². The number of carbonyl (C=O) groups is 3. The van der Waals surface area contributed by atoms with Gasteiger partial charge in [0, 0.05) is 43.4 Å². The first-order valence-electron chi connectivity index (χ1n) is 17.1. The maximum atomic E-state index is 14.2. The molecule has 1 aromatic heterocycles. The van der Waals surface area contributed by atoms with Crippen LogP contribution in [0.25, 0.3) is 0 Å². The molecular weight excluding hydrogens is 634 g/mol. The summed E-state index contributed by atoms with van der Waals surface area (Å²) >= 11 is 0. The zero-order chi connectivity index (χ0) is 36.0. The SMILES string of the molecule is CC(=O)OC1CC(=O)N1c1ccc2c(c1)[C@@](O)([C@H](C)/C=C/CCn1cc(C(CO)c3ccccc3)nn1)C(=O)N2C/C=C(\C)CCC=C(C)C. The van der Waals surface area contributed by atoms with E-state index < -0.39 is 29.6 Å². The molecule has 0 radical (unpaired) electrons. The number of amides is 2. The molecule has 2 aromatic carbocycles. The van der Waals surface area contributed by atoms with Gasteiger partial charge < -0.3 is 19.8 Å². The van der Waals surface area contributed by atoms with Crippen molar-refractivity contribution < 1.29 is 29.3 Å². The molecule has 1 fully saturated rings. The number of fused-ring (bicyclic) bond motifs is 1. The highest BCUT2D eigenvalue weighted by molar-refractivity contribution is 6.09.